The predicted molar refractivity (Wildman–Crippen MR) is 144 cm³/mol. The van der Waals surface area contributed by atoms with Crippen LogP contribution >= 0.6 is 0 Å². The van der Waals surface area contributed by atoms with Crippen LogP contribution in [0.5, 0.6) is 0 Å². The van der Waals surface area contributed by atoms with Crippen LogP contribution in [-0.4, -0.2) is 46.9 Å². The molecule has 2 unspecified atom stereocenters. The first-order chi connectivity index (χ1) is 18.9. The molecule has 2 atom stereocenters. The van der Waals surface area contributed by atoms with Gasteiger partial charge in [-0.25, -0.2) is 14.4 Å². The Bertz CT molecular complexity index is 1110. The first-order valence-corrected chi connectivity index (χ1v) is 13.6. The Morgan fingerprint density at radius 3 is 1.85 bits per heavy atom. The number of benzene rings is 2. The van der Waals surface area contributed by atoms with Crippen LogP contribution in [0.3, 0.4) is 0 Å². The number of hydrogen-bond donors (Lipinski definition) is 2. The van der Waals surface area contributed by atoms with Gasteiger partial charge in [-0.2, -0.15) is 0 Å². The van der Waals surface area contributed by atoms with E-state index in [0.29, 0.717) is 18.1 Å². The zero-order chi connectivity index (χ0) is 27.8. The van der Waals surface area contributed by atoms with Crippen molar-refractivity contribution in [1.82, 2.24) is 0 Å². The van der Waals surface area contributed by atoms with Crippen molar-refractivity contribution >= 4 is 17.9 Å². The Labute approximate surface area is 228 Å². The molecular formula is C31H36O8. The minimum absolute atomic E-state index is 0.349. The van der Waals surface area contributed by atoms with Crippen molar-refractivity contribution in [2.75, 3.05) is 6.61 Å². The summed E-state index contributed by atoms with van der Waals surface area (Å²) in [6, 6.07) is 16.0. The number of carbonyl (C=O) groups excluding carboxylic acids is 1. The molecular weight excluding hydrogens is 500 g/mol. The number of esters is 1. The van der Waals surface area contributed by atoms with Gasteiger partial charge in [0.1, 0.15) is 0 Å². The monoisotopic (exact) mass is 536 g/mol. The summed E-state index contributed by atoms with van der Waals surface area (Å²) in [5, 5.41) is 18.4. The molecule has 1 saturated heterocycles. The Kier molecular flexibility index (Phi) is 9.90. The van der Waals surface area contributed by atoms with Gasteiger partial charge in [0.25, 0.3) is 0 Å². The van der Waals surface area contributed by atoms with Gasteiger partial charge in [0, 0.05) is 11.6 Å². The lowest BCUT2D eigenvalue weighted by atomic mass is 9.77. The van der Waals surface area contributed by atoms with Crippen molar-refractivity contribution in [3.05, 3.63) is 72.3 Å². The minimum Gasteiger partial charge on any atom is -0.479 e. The van der Waals surface area contributed by atoms with Crippen LogP contribution in [0.1, 0.15) is 74.7 Å². The molecule has 1 heterocycles. The number of carboxylic acids is 2. The molecule has 1 aliphatic heterocycles. The van der Waals surface area contributed by atoms with Gasteiger partial charge in [0.2, 0.25) is 0 Å². The van der Waals surface area contributed by atoms with Crippen molar-refractivity contribution in [3.63, 3.8) is 0 Å². The van der Waals surface area contributed by atoms with E-state index in [1.165, 1.54) is 50.2 Å². The van der Waals surface area contributed by atoms with Gasteiger partial charge in [-0.15, -0.1) is 0 Å². The first-order valence-electron chi connectivity index (χ1n) is 13.6. The molecule has 2 fully saturated rings. The molecule has 8 heteroatoms. The van der Waals surface area contributed by atoms with Crippen LogP contribution in [0.15, 0.2) is 61.2 Å². The summed E-state index contributed by atoms with van der Waals surface area (Å²) in [5.74, 6) is -1.72. The molecule has 4 rings (SSSR count). The Balaban J connectivity index is 1.23. The largest absolute Gasteiger partial charge is 0.479 e. The third-order valence-corrected chi connectivity index (χ3v) is 7.71. The van der Waals surface area contributed by atoms with Gasteiger partial charge in [-0.05, 0) is 60.6 Å². The minimum atomic E-state index is -1.55. The first kappa shape index (κ1) is 28.5. The van der Waals surface area contributed by atoms with Crippen LogP contribution in [-0.2, 0) is 28.6 Å². The van der Waals surface area contributed by atoms with E-state index >= 15 is 0 Å². The summed E-state index contributed by atoms with van der Waals surface area (Å²) in [6.45, 7) is 3.87. The molecule has 2 N–H and O–H groups in total. The number of carboxylic acid groups (broad SMARTS) is 2. The lowest BCUT2D eigenvalue weighted by molar-refractivity contribution is -0.156. The van der Waals surface area contributed by atoms with Crippen molar-refractivity contribution in [2.24, 2.45) is 5.92 Å². The highest BCUT2D eigenvalue weighted by Gasteiger charge is 2.46. The Hall–Kier alpha value is -3.49. The summed E-state index contributed by atoms with van der Waals surface area (Å²) < 4.78 is 15.7. The van der Waals surface area contributed by atoms with Crippen molar-refractivity contribution in [1.29, 1.82) is 0 Å². The topological polar surface area (TPSA) is 119 Å². The van der Waals surface area contributed by atoms with E-state index in [-0.39, 0.29) is 5.97 Å². The van der Waals surface area contributed by atoms with E-state index in [2.05, 4.69) is 30.8 Å². The molecule has 1 aliphatic carbocycles. The quantitative estimate of drug-likeness (QED) is 0.196. The fourth-order valence-electron chi connectivity index (χ4n) is 5.48. The van der Waals surface area contributed by atoms with Gasteiger partial charge in [0.05, 0.1) is 6.61 Å². The summed E-state index contributed by atoms with van der Waals surface area (Å²) >= 11 is 0. The van der Waals surface area contributed by atoms with Crippen LogP contribution in [0.4, 0.5) is 0 Å². The van der Waals surface area contributed by atoms with Crippen molar-refractivity contribution in [3.8, 4) is 11.1 Å². The number of ether oxygens (including phenoxy) is 3. The number of aliphatic carboxylic acids is 2. The number of unbranched alkanes of at least 4 members (excludes halogenated alkanes) is 2. The lowest BCUT2D eigenvalue weighted by Gasteiger charge is -2.29. The molecule has 1 saturated carbocycles. The summed E-state index contributed by atoms with van der Waals surface area (Å²) in [5.41, 5.74) is 4.00. The van der Waals surface area contributed by atoms with Gasteiger partial charge in [-0.3, -0.25) is 0 Å². The molecule has 2 aliphatic rings. The van der Waals surface area contributed by atoms with E-state index in [9.17, 15) is 24.6 Å². The molecule has 39 heavy (non-hydrogen) atoms. The maximum absolute atomic E-state index is 11.3. The van der Waals surface area contributed by atoms with Crippen molar-refractivity contribution in [2.45, 2.75) is 75.8 Å². The number of rotatable bonds is 12. The lowest BCUT2D eigenvalue weighted by Crippen LogP contribution is -2.36. The number of hydrogen-bond acceptors (Lipinski definition) is 6. The third-order valence-electron chi connectivity index (χ3n) is 7.71. The summed E-state index contributed by atoms with van der Waals surface area (Å²) in [7, 11) is 0. The maximum Gasteiger partial charge on any atom is 0.336 e. The molecule has 0 amide bonds. The van der Waals surface area contributed by atoms with Crippen LogP contribution in [0, 0.1) is 5.92 Å². The molecule has 2 aromatic rings. The molecule has 2 aromatic carbocycles. The van der Waals surface area contributed by atoms with Crippen LogP contribution < -0.4 is 0 Å². The molecule has 0 bridgehead atoms. The smallest absolute Gasteiger partial charge is 0.336 e. The third kappa shape index (κ3) is 7.55. The molecule has 0 spiro atoms. The average molecular weight is 537 g/mol. The van der Waals surface area contributed by atoms with Gasteiger partial charge in [-0.1, -0.05) is 74.4 Å². The van der Waals surface area contributed by atoms with Crippen LogP contribution in [0.25, 0.3) is 11.1 Å². The SMILES string of the molecule is C=CC(=O)OCCCCCC1CCC(c2ccc(-c3ccc(C4OC(C(=O)O)C(C(=O)O)O4)cc3)cc2)CC1. The Morgan fingerprint density at radius 2 is 1.33 bits per heavy atom. The second-order valence-electron chi connectivity index (χ2n) is 10.3. The average Bonchev–Trinajstić information content (AvgIpc) is 3.42. The normalized spacial score (nSPS) is 24.7. The molecule has 0 radical (unpaired) electrons. The summed E-state index contributed by atoms with van der Waals surface area (Å²) in [4.78, 5) is 33.7. The fourth-order valence-corrected chi connectivity index (χ4v) is 5.48. The zero-order valence-electron chi connectivity index (χ0n) is 22.0. The standard InChI is InChI=1S/C31H36O8/c1-2-26(32)37-19-5-3-4-6-20-7-9-21(10-8-20)22-11-13-23(14-12-22)24-15-17-25(18-16-24)31-38-27(29(33)34)28(39-31)30(35)36/h2,11-18,20-21,27-28,31H,1,3-10,19H2,(H,33,34)(H,35,36). The van der Waals surface area contributed by atoms with E-state index in [0.717, 1.165) is 29.9 Å². The van der Waals surface area contributed by atoms with E-state index < -0.39 is 30.4 Å². The molecule has 0 aromatic heterocycles. The fraction of sp³-hybridized carbons (Fsp3) is 0.452. The van der Waals surface area contributed by atoms with E-state index in [1.807, 2.05) is 12.1 Å². The van der Waals surface area contributed by atoms with Crippen molar-refractivity contribution < 1.29 is 38.8 Å². The second-order valence-corrected chi connectivity index (χ2v) is 10.3. The molecule has 8 nitrogen and oxygen atoms in total. The predicted octanol–water partition coefficient (Wildman–Crippen LogP) is 5.87. The van der Waals surface area contributed by atoms with E-state index in [4.69, 9.17) is 14.2 Å². The van der Waals surface area contributed by atoms with Gasteiger partial charge in [0.15, 0.2) is 18.5 Å². The Morgan fingerprint density at radius 1 is 0.795 bits per heavy atom. The van der Waals surface area contributed by atoms with Gasteiger partial charge >= 0.3 is 17.9 Å². The zero-order valence-corrected chi connectivity index (χ0v) is 22.0. The maximum atomic E-state index is 11.3. The summed E-state index contributed by atoms with van der Waals surface area (Å²) in [6.07, 6.45) is 6.36. The highest BCUT2D eigenvalue weighted by Crippen LogP contribution is 2.38. The molecule has 208 valence electrons. The van der Waals surface area contributed by atoms with E-state index in [1.54, 1.807) is 12.1 Å². The number of carbonyl (C=O) groups is 3. The second kappa shape index (κ2) is 13.5. The highest BCUT2D eigenvalue weighted by molar-refractivity contribution is 5.84. The highest BCUT2D eigenvalue weighted by atomic mass is 16.7. The van der Waals surface area contributed by atoms with Gasteiger partial charge < -0.3 is 24.4 Å². The van der Waals surface area contributed by atoms with Crippen LogP contribution in [0.2, 0.25) is 0 Å².